The Balaban J connectivity index is 1.51. The number of carbonyl (C=O) groups is 1. The van der Waals surface area contributed by atoms with Crippen LogP contribution in [0.25, 0.3) is 22.0 Å². The molecule has 0 spiro atoms. The normalized spacial score (nSPS) is 10.5. The van der Waals surface area contributed by atoms with Crippen molar-refractivity contribution in [2.45, 2.75) is 11.9 Å². The second-order valence-electron chi connectivity index (χ2n) is 6.99. The summed E-state index contributed by atoms with van der Waals surface area (Å²) in [6, 6.07) is 27.2. The molecule has 3 aromatic carbocycles. The number of anilines is 1. The Bertz CT molecular complexity index is 1300. The molecule has 0 fully saturated rings. The number of nitrogens with one attached hydrogen (secondary N) is 1. The minimum atomic E-state index is -0.160. The van der Waals surface area contributed by atoms with Gasteiger partial charge in [0.1, 0.15) is 16.8 Å². The lowest BCUT2D eigenvalue weighted by Crippen LogP contribution is -2.15. The lowest BCUT2D eigenvalue weighted by Gasteiger charge is -2.12. The molecule has 1 aromatic heterocycles. The van der Waals surface area contributed by atoms with Crippen molar-refractivity contribution in [2.75, 3.05) is 17.7 Å². The number of carbonyl (C=O) groups excluding carboxylic acids is 1. The summed E-state index contributed by atoms with van der Waals surface area (Å²) < 4.78 is 5.55. The Hall–Kier alpha value is -3.82. The molecule has 1 amide bonds. The minimum Gasteiger partial charge on any atom is -0.494 e. The molecule has 0 saturated heterocycles. The molecule has 1 N–H and O–H groups in total. The third kappa shape index (κ3) is 4.90. The van der Waals surface area contributed by atoms with Gasteiger partial charge in [-0.3, -0.25) is 4.79 Å². The van der Waals surface area contributed by atoms with Crippen molar-refractivity contribution in [2.24, 2.45) is 0 Å². The Morgan fingerprint density at radius 3 is 2.62 bits per heavy atom. The number of aromatic nitrogens is 1. The van der Waals surface area contributed by atoms with E-state index in [1.54, 1.807) is 6.07 Å². The molecule has 0 aliphatic carbocycles. The fourth-order valence-corrected chi connectivity index (χ4v) is 4.12. The number of nitrogens with zero attached hydrogens (tertiary/aromatic N) is 2. The van der Waals surface area contributed by atoms with Gasteiger partial charge in [-0.2, -0.15) is 5.26 Å². The number of ether oxygens (including phenoxy) is 1. The number of para-hydroxylation sites is 1. The van der Waals surface area contributed by atoms with Crippen LogP contribution in [0.5, 0.6) is 5.75 Å². The topological polar surface area (TPSA) is 75.0 Å². The summed E-state index contributed by atoms with van der Waals surface area (Å²) in [5.41, 5.74) is 3.91. The summed E-state index contributed by atoms with van der Waals surface area (Å²) in [5.74, 6) is 0.706. The summed E-state index contributed by atoms with van der Waals surface area (Å²) in [7, 11) is 0. The number of pyridine rings is 1. The highest BCUT2D eigenvalue weighted by Gasteiger charge is 2.13. The summed E-state index contributed by atoms with van der Waals surface area (Å²) >= 11 is 1.25. The van der Waals surface area contributed by atoms with Gasteiger partial charge in [-0.15, -0.1) is 0 Å². The molecule has 0 bridgehead atoms. The summed E-state index contributed by atoms with van der Waals surface area (Å²) in [5, 5.41) is 13.9. The monoisotopic (exact) mass is 439 g/mol. The fraction of sp³-hybridized carbons (Fsp3) is 0.115. The second kappa shape index (κ2) is 9.99. The molecular formula is C26H21N3O2S. The van der Waals surface area contributed by atoms with Crippen molar-refractivity contribution < 1.29 is 9.53 Å². The highest BCUT2D eigenvalue weighted by molar-refractivity contribution is 8.00. The van der Waals surface area contributed by atoms with Crippen molar-refractivity contribution in [1.29, 1.82) is 5.26 Å². The van der Waals surface area contributed by atoms with Crippen LogP contribution in [0.2, 0.25) is 0 Å². The molecule has 4 aromatic rings. The Kier molecular flexibility index (Phi) is 6.69. The van der Waals surface area contributed by atoms with E-state index in [1.165, 1.54) is 11.8 Å². The SMILES string of the molecule is CCOc1ccc2cc(C#N)c(SCC(=O)Nc3ccccc3-c3ccccc3)nc2c1. The van der Waals surface area contributed by atoms with Crippen LogP contribution in [0.3, 0.4) is 0 Å². The number of nitriles is 1. The molecule has 0 aliphatic rings. The second-order valence-corrected chi connectivity index (χ2v) is 7.95. The average molecular weight is 440 g/mol. The quantitative estimate of drug-likeness (QED) is 0.363. The fourth-order valence-electron chi connectivity index (χ4n) is 3.36. The van der Waals surface area contributed by atoms with Gasteiger partial charge in [0.05, 0.1) is 23.4 Å². The van der Waals surface area contributed by atoms with E-state index in [0.29, 0.717) is 17.2 Å². The van der Waals surface area contributed by atoms with Gasteiger partial charge in [-0.25, -0.2) is 4.98 Å². The largest absolute Gasteiger partial charge is 0.494 e. The van der Waals surface area contributed by atoms with Gasteiger partial charge < -0.3 is 10.1 Å². The minimum absolute atomic E-state index is 0.140. The molecule has 32 heavy (non-hydrogen) atoms. The number of benzene rings is 3. The maximum atomic E-state index is 12.7. The van der Waals surface area contributed by atoms with Gasteiger partial charge in [0, 0.05) is 22.7 Å². The predicted octanol–water partition coefficient (Wildman–Crippen LogP) is 5.90. The van der Waals surface area contributed by atoms with E-state index in [1.807, 2.05) is 79.7 Å². The van der Waals surface area contributed by atoms with E-state index < -0.39 is 0 Å². The number of hydrogen-bond acceptors (Lipinski definition) is 5. The number of hydrogen-bond donors (Lipinski definition) is 1. The predicted molar refractivity (Wildman–Crippen MR) is 129 cm³/mol. The standard InChI is InChI=1S/C26H21N3O2S/c1-2-31-21-13-12-19-14-20(16-27)26(29-24(19)15-21)32-17-25(30)28-23-11-7-6-10-22(23)18-8-4-3-5-9-18/h3-15H,2,17H2,1H3,(H,28,30). The smallest absolute Gasteiger partial charge is 0.234 e. The third-order valence-electron chi connectivity index (χ3n) is 4.81. The van der Waals surface area contributed by atoms with Crippen LogP contribution in [0, 0.1) is 11.3 Å². The lowest BCUT2D eigenvalue weighted by molar-refractivity contribution is -0.113. The van der Waals surface area contributed by atoms with E-state index in [9.17, 15) is 10.1 Å². The first-order valence-corrected chi connectivity index (χ1v) is 11.2. The molecule has 0 saturated carbocycles. The number of thioether (sulfide) groups is 1. The Labute approximate surface area is 191 Å². The molecule has 0 radical (unpaired) electrons. The van der Waals surface area contributed by atoms with E-state index in [-0.39, 0.29) is 11.7 Å². The van der Waals surface area contributed by atoms with Crippen molar-refractivity contribution in [3.05, 3.63) is 84.4 Å². The molecule has 158 valence electrons. The van der Waals surface area contributed by atoms with Gasteiger partial charge in [0.25, 0.3) is 0 Å². The third-order valence-corrected chi connectivity index (χ3v) is 5.80. The van der Waals surface area contributed by atoms with Gasteiger partial charge >= 0.3 is 0 Å². The highest BCUT2D eigenvalue weighted by Crippen LogP contribution is 2.29. The van der Waals surface area contributed by atoms with Gasteiger partial charge in [-0.05, 0) is 36.8 Å². The van der Waals surface area contributed by atoms with E-state index >= 15 is 0 Å². The maximum Gasteiger partial charge on any atom is 0.234 e. The van der Waals surface area contributed by atoms with E-state index in [4.69, 9.17) is 4.74 Å². The lowest BCUT2D eigenvalue weighted by atomic mass is 10.0. The Morgan fingerprint density at radius 2 is 1.84 bits per heavy atom. The molecule has 0 unspecified atom stereocenters. The summed E-state index contributed by atoms with van der Waals surface area (Å²) in [6.45, 7) is 2.49. The van der Waals surface area contributed by atoms with Crippen LogP contribution in [-0.4, -0.2) is 23.3 Å². The molecule has 0 atom stereocenters. The molecule has 4 rings (SSSR count). The molecule has 0 aliphatic heterocycles. The highest BCUT2D eigenvalue weighted by atomic mass is 32.2. The first kappa shape index (κ1) is 21.4. The number of fused-ring (bicyclic) bond motifs is 1. The molecule has 6 heteroatoms. The molecular weight excluding hydrogens is 418 g/mol. The van der Waals surface area contributed by atoms with Crippen LogP contribution >= 0.6 is 11.8 Å². The van der Waals surface area contributed by atoms with Crippen LogP contribution < -0.4 is 10.1 Å². The first-order chi connectivity index (χ1) is 15.7. The van der Waals surface area contributed by atoms with Gasteiger partial charge in [-0.1, -0.05) is 60.3 Å². The van der Waals surface area contributed by atoms with E-state index in [2.05, 4.69) is 16.4 Å². The Morgan fingerprint density at radius 1 is 1.06 bits per heavy atom. The molecule has 1 heterocycles. The van der Waals surface area contributed by atoms with Crippen molar-refractivity contribution in [3.8, 4) is 22.9 Å². The zero-order valence-corrected chi connectivity index (χ0v) is 18.4. The van der Waals surface area contributed by atoms with Crippen LogP contribution in [0.1, 0.15) is 12.5 Å². The summed E-state index contributed by atoms with van der Waals surface area (Å²) in [6.07, 6.45) is 0. The first-order valence-electron chi connectivity index (χ1n) is 10.2. The van der Waals surface area contributed by atoms with Crippen molar-refractivity contribution >= 4 is 34.3 Å². The van der Waals surface area contributed by atoms with Crippen LogP contribution in [-0.2, 0) is 4.79 Å². The van der Waals surface area contributed by atoms with E-state index in [0.717, 1.165) is 33.5 Å². The number of amides is 1. The zero-order valence-electron chi connectivity index (χ0n) is 17.5. The van der Waals surface area contributed by atoms with Gasteiger partial charge in [0.2, 0.25) is 5.91 Å². The number of rotatable bonds is 7. The zero-order chi connectivity index (χ0) is 22.3. The van der Waals surface area contributed by atoms with Crippen LogP contribution in [0.15, 0.2) is 83.9 Å². The van der Waals surface area contributed by atoms with Crippen molar-refractivity contribution in [1.82, 2.24) is 4.98 Å². The van der Waals surface area contributed by atoms with Gasteiger partial charge in [0.15, 0.2) is 0 Å². The van der Waals surface area contributed by atoms with Crippen LogP contribution in [0.4, 0.5) is 5.69 Å². The maximum absolute atomic E-state index is 12.7. The summed E-state index contributed by atoms with van der Waals surface area (Å²) in [4.78, 5) is 17.3. The molecule has 5 nitrogen and oxygen atoms in total. The van der Waals surface area contributed by atoms with Crippen molar-refractivity contribution in [3.63, 3.8) is 0 Å². The average Bonchev–Trinajstić information content (AvgIpc) is 2.83.